The van der Waals surface area contributed by atoms with Crippen molar-refractivity contribution in [3.63, 3.8) is 0 Å². The standard InChI is InChI=1S/C15H18N2O4S/c1-4-20-14(19)12-6-5-10(21-12)8-22-15-16-11(9(2)3)7-13(18)17-15/h5-7,9H,4,8H2,1-3H3,(H,16,17,18). The van der Waals surface area contributed by atoms with E-state index in [4.69, 9.17) is 9.15 Å². The zero-order chi connectivity index (χ0) is 16.1. The third-order valence-corrected chi connectivity index (χ3v) is 3.72. The summed E-state index contributed by atoms with van der Waals surface area (Å²) in [4.78, 5) is 30.2. The van der Waals surface area contributed by atoms with Crippen molar-refractivity contribution in [2.45, 2.75) is 37.6 Å². The molecule has 0 fully saturated rings. The Morgan fingerprint density at radius 3 is 2.91 bits per heavy atom. The van der Waals surface area contributed by atoms with Crippen LogP contribution in [0.4, 0.5) is 0 Å². The molecule has 0 bridgehead atoms. The Kier molecular flexibility index (Phi) is 5.43. The van der Waals surface area contributed by atoms with Crippen molar-refractivity contribution in [2.75, 3.05) is 6.61 Å². The lowest BCUT2D eigenvalue weighted by Crippen LogP contribution is -2.10. The molecule has 0 saturated heterocycles. The van der Waals surface area contributed by atoms with Crippen molar-refractivity contribution in [3.8, 4) is 0 Å². The van der Waals surface area contributed by atoms with Crippen molar-refractivity contribution >= 4 is 17.7 Å². The van der Waals surface area contributed by atoms with Gasteiger partial charge in [0.1, 0.15) is 5.76 Å². The number of hydrogen-bond acceptors (Lipinski definition) is 6. The first-order chi connectivity index (χ1) is 10.5. The Labute approximate surface area is 132 Å². The van der Waals surface area contributed by atoms with Gasteiger partial charge in [0, 0.05) is 6.07 Å². The summed E-state index contributed by atoms with van der Waals surface area (Å²) in [7, 11) is 0. The predicted molar refractivity (Wildman–Crippen MR) is 83.2 cm³/mol. The van der Waals surface area contributed by atoms with Crippen molar-refractivity contribution in [1.29, 1.82) is 0 Å². The van der Waals surface area contributed by atoms with Crippen molar-refractivity contribution < 1.29 is 13.9 Å². The maximum atomic E-state index is 11.6. The highest BCUT2D eigenvalue weighted by atomic mass is 32.2. The van der Waals surface area contributed by atoms with Crippen LogP contribution in [0.3, 0.4) is 0 Å². The lowest BCUT2D eigenvalue weighted by atomic mass is 10.1. The van der Waals surface area contributed by atoms with E-state index in [0.717, 1.165) is 5.69 Å². The van der Waals surface area contributed by atoms with Crippen LogP contribution in [0.5, 0.6) is 0 Å². The van der Waals surface area contributed by atoms with E-state index in [1.165, 1.54) is 17.8 Å². The van der Waals surface area contributed by atoms with E-state index >= 15 is 0 Å². The number of nitrogens with zero attached hydrogens (tertiary/aromatic N) is 1. The quantitative estimate of drug-likeness (QED) is 0.500. The van der Waals surface area contributed by atoms with E-state index in [1.54, 1.807) is 19.1 Å². The topological polar surface area (TPSA) is 85.2 Å². The Balaban J connectivity index is 2.04. The van der Waals surface area contributed by atoms with Gasteiger partial charge in [-0.1, -0.05) is 25.6 Å². The molecular formula is C15H18N2O4S. The second-order valence-electron chi connectivity index (χ2n) is 4.91. The van der Waals surface area contributed by atoms with Gasteiger partial charge in [0.2, 0.25) is 5.76 Å². The lowest BCUT2D eigenvalue weighted by Gasteiger charge is -2.05. The first-order valence-corrected chi connectivity index (χ1v) is 7.98. The number of carbonyl (C=O) groups is 1. The molecule has 0 spiro atoms. The normalized spacial score (nSPS) is 10.9. The number of carbonyl (C=O) groups excluding carboxylic acids is 1. The highest BCUT2D eigenvalue weighted by Crippen LogP contribution is 2.21. The Hall–Kier alpha value is -2.02. The molecule has 0 aliphatic carbocycles. The summed E-state index contributed by atoms with van der Waals surface area (Å²) < 4.78 is 10.3. The van der Waals surface area contributed by atoms with Crippen LogP contribution in [0.15, 0.2) is 32.6 Å². The molecule has 2 aromatic rings. The molecule has 2 heterocycles. The Morgan fingerprint density at radius 1 is 1.45 bits per heavy atom. The summed E-state index contributed by atoms with van der Waals surface area (Å²) in [5, 5.41) is 0.533. The van der Waals surface area contributed by atoms with Gasteiger partial charge in [0.15, 0.2) is 5.16 Å². The number of aromatic amines is 1. The highest BCUT2D eigenvalue weighted by Gasteiger charge is 2.13. The second-order valence-corrected chi connectivity index (χ2v) is 5.87. The molecule has 0 aliphatic heterocycles. The third-order valence-electron chi connectivity index (χ3n) is 2.82. The van der Waals surface area contributed by atoms with Crippen molar-refractivity contribution in [2.24, 2.45) is 0 Å². The largest absolute Gasteiger partial charge is 0.460 e. The molecule has 0 radical (unpaired) electrons. The molecule has 22 heavy (non-hydrogen) atoms. The Morgan fingerprint density at radius 2 is 2.23 bits per heavy atom. The zero-order valence-electron chi connectivity index (χ0n) is 12.7. The number of furan rings is 1. The van der Waals surface area contributed by atoms with Gasteiger partial charge in [0.25, 0.3) is 5.56 Å². The monoisotopic (exact) mass is 322 g/mol. The summed E-state index contributed by atoms with van der Waals surface area (Å²) in [5.74, 6) is 0.956. The summed E-state index contributed by atoms with van der Waals surface area (Å²) in [6.45, 7) is 6.00. The molecule has 0 unspecified atom stereocenters. The highest BCUT2D eigenvalue weighted by molar-refractivity contribution is 7.98. The second kappa shape index (κ2) is 7.31. The molecule has 1 N–H and O–H groups in total. The van der Waals surface area contributed by atoms with Crippen LogP contribution in [0.25, 0.3) is 0 Å². The minimum absolute atomic E-state index is 0.173. The number of thioether (sulfide) groups is 1. The van der Waals surface area contributed by atoms with E-state index in [-0.39, 0.29) is 17.2 Å². The SMILES string of the molecule is CCOC(=O)c1ccc(CSc2nc(C(C)C)cc(=O)[nH]2)o1. The van der Waals surface area contributed by atoms with Crippen LogP contribution in [-0.4, -0.2) is 22.5 Å². The molecule has 7 heteroatoms. The lowest BCUT2D eigenvalue weighted by molar-refractivity contribution is 0.0488. The maximum Gasteiger partial charge on any atom is 0.374 e. The minimum Gasteiger partial charge on any atom is -0.460 e. The fourth-order valence-corrected chi connectivity index (χ4v) is 2.50. The molecular weight excluding hydrogens is 304 g/mol. The van der Waals surface area contributed by atoms with Gasteiger partial charge in [-0.2, -0.15) is 0 Å². The molecule has 118 valence electrons. The van der Waals surface area contributed by atoms with Gasteiger partial charge in [0.05, 0.1) is 18.1 Å². The molecule has 0 aromatic carbocycles. The first-order valence-electron chi connectivity index (χ1n) is 6.99. The molecule has 0 saturated carbocycles. The molecule has 0 atom stereocenters. The van der Waals surface area contributed by atoms with Gasteiger partial charge in [-0.25, -0.2) is 9.78 Å². The number of ether oxygens (including phenoxy) is 1. The van der Waals surface area contributed by atoms with Gasteiger partial charge < -0.3 is 14.1 Å². The van der Waals surface area contributed by atoms with E-state index in [1.807, 2.05) is 13.8 Å². The van der Waals surface area contributed by atoms with Crippen LogP contribution < -0.4 is 5.56 Å². The molecule has 0 aliphatic rings. The number of esters is 1. The molecule has 2 rings (SSSR count). The first kappa shape index (κ1) is 16.4. The van der Waals surface area contributed by atoms with Crippen LogP contribution in [0.2, 0.25) is 0 Å². The smallest absolute Gasteiger partial charge is 0.374 e. The molecule has 2 aromatic heterocycles. The van der Waals surface area contributed by atoms with E-state index < -0.39 is 5.97 Å². The summed E-state index contributed by atoms with van der Waals surface area (Å²) in [6.07, 6.45) is 0. The van der Waals surface area contributed by atoms with Gasteiger partial charge in [-0.05, 0) is 25.0 Å². The average molecular weight is 322 g/mol. The van der Waals surface area contributed by atoms with Crippen molar-refractivity contribution in [1.82, 2.24) is 9.97 Å². The van der Waals surface area contributed by atoms with Gasteiger partial charge in [-0.15, -0.1) is 0 Å². The van der Waals surface area contributed by atoms with E-state index in [0.29, 0.717) is 23.3 Å². The molecule has 6 nitrogen and oxygen atoms in total. The van der Waals surface area contributed by atoms with Crippen LogP contribution in [0, 0.1) is 0 Å². The zero-order valence-corrected chi connectivity index (χ0v) is 13.5. The van der Waals surface area contributed by atoms with Crippen LogP contribution in [-0.2, 0) is 10.5 Å². The van der Waals surface area contributed by atoms with Gasteiger partial charge >= 0.3 is 5.97 Å². The number of H-pyrrole nitrogens is 1. The summed E-state index contributed by atoms with van der Waals surface area (Å²) in [6, 6.07) is 4.79. The van der Waals surface area contributed by atoms with E-state index in [2.05, 4.69) is 9.97 Å². The van der Waals surface area contributed by atoms with Crippen LogP contribution in [0.1, 0.15) is 48.7 Å². The maximum absolute atomic E-state index is 11.6. The van der Waals surface area contributed by atoms with E-state index in [9.17, 15) is 9.59 Å². The van der Waals surface area contributed by atoms with Gasteiger partial charge in [-0.3, -0.25) is 4.79 Å². The number of rotatable bonds is 6. The molecule has 0 amide bonds. The number of nitrogens with one attached hydrogen (secondary N) is 1. The fraction of sp³-hybridized carbons (Fsp3) is 0.400. The number of hydrogen-bond donors (Lipinski definition) is 1. The Bertz CT molecular complexity index is 706. The predicted octanol–water partition coefficient (Wildman–Crippen LogP) is 2.96. The van der Waals surface area contributed by atoms with Crippen LogP contribution >= 0.6 is 11.8 Å². The minimum atomic E-state index is -0.480. The third kappa shape index (κ3) is 4.24. The average Bonchev–Trinajstić information content (AvgIpc) is 2.94. The summed E-state index contributed by atoms with van der Waals surface area (Å²) in [5.41, 5.74) is 0.575. The van der Waals surface area contributed by atoms with Crippen molar-refractivity contribution in [3.05, 3.63) is 45.8 Å². The summed E-state index contributed by atoms with van der Waals surface area (Å²) >= 11 is 1.35. The fourth-order valence-electron chi connectivity index (χ4n) is 1.72. The number of aromatic nitrogens is 2.